The van der Waals surface area contributed by atoms with Crippen LogP contribution in [0.25, 0.3) is 10.6 Å². The summed E-state index contributed by atoms with van der Waals surface area (Å²) in [4.78, 5) is 19.5. The molecule has 0 saturated heterocycles. The number of H-pyrrole nitrogens is 1. The number of thiophene rings is 1. The second-order valence-electron chi connectivity index (χ2n) is 3.33. The van der Waals surface area contributed by atoms with Crippen LogP contribution in [0.5, 0.6) is 0 Å². The van der Waals surface area contributed by atoms with Crippen LogP contribution in [0, 0.1) is 0 Å². The Morgan fingerprint density at radius 1 is 1.43 bits per heavy atom. The van der Waals surface area contributed by atoms with Gasteiger partial charge in [-0.05, 0) is 29.9 Å². The minimum atomic E-state index is 0.00838. The Kier molecular flexibility index (Phi) is 1.58. The van der Waals surface area contributed by atoms with Crippen molar-refractivity contribution in [3.63, 3.8) is 0 Å². The third kappa shape index (κ3) is 0.974. The highest BCUT2D eigenvalue weighted by Crippen LogP contribution is 2.33. The molecule has 0 amide bonds. The molecule has 2 aromatic rings. The lowest BCUT2D eigenvalue weighted by molar-refractivity contribution is 0.899. The average Bonchev–Trinajstić information content (AvgIpc) is 2.66. The van der Waals surface area contributed by atoms with Gasteiger partial charge in [0.05, 0.1) is 16.9 Å². The van der Waals surface area contributed by atoms with Crippen molar-refractivity contribution in [3.8, 4) is 10.6 Å². The van der Waals surface area contributed by atoms with Gasteiger partial charge in [-0.1, -0.05) is 0 Å². The van der Waals surface area contributed by atoms with Gasteiger partial charge in [0.25, 0.3) is 5.56 Å². The zero-order valence-electron chi connectivity index (χ0n) is 7.41. The fourth-order valence-corrected chi connectivity index (χ4v) is 2.83. The largest absolute Gasteiger partial charge is 0.313 e. The van der Waals surface area contributed by atoms with E-state index < -0.39 is 0 Å². The predicted octanol–water partition coefficient (Wildman–Crippen LogP) is 1.60. The summed E-state index contributed by atoms with van der Waals surface area (Å²) >= 11 is 1.66. The molecule has 4 heteroatoms. The summed E-state index contributed by atoms with van der Waals surface area (Å²) < 4.78 is 0. The number of aromatic nitrogens is 2. The Hall–Kier alpha value is -1.42. The van der Waals surface area contributed by atoms with E-state index in [1.54, 1.807) is 11.3 Å². The molecule has 0 unspecified atom stereocenters. The van der Waals surface area contributed by atoms with Crippen LogP contribution >= 0.6 is 11.3 Å². The Morgan fingerprint density at radius 3 is 3.29 bits per heavy atom. The first-order chi connectivity index (χ1) is 6.86. The van der Waals surface area contributed by atoms with Gasteiger partial charge in [0.1, 0.15) is 0 Å². The van der Waals surface area contributed by atoms with Crippen molar-refractivity contribution in [1.29, 1.82) is 0 Å². The van der Waals surface area contributed by atoms with E-state index in [9.17, 15) is 4.79 Å². The molecule has 0 radical (unpaired) electrons. The van der Waals surface area contributed by atoms with Crippen LogP contribution in [0.1, 0.15) is 11.1 Å². The highest BCUT2D eigenvalue weighted by atomic mass is 32.1. The molecule has 70 valence electrons. The molecule has 0 saturated carbocycles. The third-order valence-electron chi connectivity index (χ3n) is 2.56. The molecule has 1 aliphatic rings. The van der Waals surface area contributed by atoms with Crippen molar-refractivity contribution in [1.82, 2.24) is 9.97 Å². The minimum absolute atomic E-state index is 0.00838. The number of aromatic amines is 1. The lowest BCUT2D eigenvalue weighted by Gasteiger charge is -2.12. The Labute approximate surface area is 84.5 Å². The third-order valence-corrected chi connectivity index (χ3v) is 3.52. The molecular formula is C10H8N2OS. The van der Waals surface area contributed by atoms with Crippen LogP contribution in [0.15, 0.2) is 22.6 Å². The van der Waals surface area contributed by atoms with Crippen LogP contribution in [0.2, 0.25) is 0 Å². The Balaban J connectivity index is 2.37. The van der Waals surface area contributed by atoms with E-state index in [1.807, 2.05) is 0 Å². The molecule has 0 aromatic carbocycles. The molecule has 3 nitrogen and oxygen atoms in total. The number of nitrogens with zero attached hydrogens (tertiary/aromatic N) is 1. The second kappa shape index (κ2) is 2.78. The van der Waals surface area contributed by atoms with Gasteiger partial charge in [-0.3, -0.25) is 4.79 Å². The second-order valence-corrected chi connectivity index (χ2v) is 4.25. The lowest BCUT2D eigenvalue weighted by Crippen LogP contribution is -2.18. The number of fused-ring (bicyclic) bond motifs is 3. The maximum absolute atomic E-state index is 11.5. The highest BCUT2D eigenvalue weighted by Gasteiger charge is 2.20. The van der Waals surface area contributed by atoms with Crippen LogP contribution in [0.3, 0.4) is 0 Å². The zero-order chi connectivity index (χ0) is 9.54. The molecule has 1 N–H and O–H groups in total. The number of hydrogen-bond donors (Lipinski definition) is 1. The van der Waals surface area contributed by atoms with Crippen molar-refractivity contribution < 1.29 is 0 Å². The smallest absolute Gasteiger partial charge is 0.254 e. The first-order valence-corrected chi connectivity index (χ1v) is 5.37. The van der Waals surface area contributed by atoms with Crippen molar-refractivity contribution in [3.05, 3.63) is 39.3 Å². The van der Waals surface area contributed by atoms with E-state index in [0.717, 1.165) is 29.0 Å². The molecule has 2 aromatic heterocycles. The van der Waals surface area contributed by atoms with Crippen LogP contribution in [-0.4, -0.2) is 9.97 Å². The topological polar surface area (TPSA) is 45.8 Å². The summed E-state index contributed by atoms with van der Waals surface area (Å²) in [6, 6.07) is 2.12. The standard InChI is InChI=1S/C10H8N2OS/c13-10-7-2-1-6-3-4-14-9(6)8(7)11-5-12-10/h3-5H,1-2H2,(H,11,12,13). The van der Waals surface area contributed by atoms with Crippen molar-refractivity contribution in [2.24, 2.45) is 0 Å². The summed E-state index contributed by atoms with van der Waals surface area (Å²) in [5, 5.41) is 2.06. The van der Waals surface area contributed by atoms with Crippen LogP contribution in [-0.2, 0) is 12.8 Å². The van der Waals surface area contributed by atoms with E-state index in [-0.39, 0.29) is 5.56 Å². The highest BCUT2D eigenvalue weighted by molar-refractivity contribution is 7.13. The van der Waals surface area contributed by atoms with Crippen LogP contribution in [0.4, 0.5) is 0 Å². The summed E-state index contributed by atoms with van der Waals surface area (Å²) in [6.45, 7) is 0. The Morgan fingerprint density at radius 2 is 2.36 bits per heavy atom. The molecule has 0 atom stereocenters. The van der Waals surface area contributed by atoms with Gasteiger partial charge in [-0.15, -0.1) is 11.3 Å². The van der Waals surface area contributed by atoms with E-state index in [1.165, 1.54) is 11.9 Å². The summed E-state index contributed by atoms with van der Waals surface area (Å²) in [6.07, 6.45) is 3.25. The van der Waals surface area contributed by atoms with Gasteiger partial charge < -0.3 is 4.98 Å². The normalized spacial score (nSPS) is 13.4. The van der Waals surface area contributed by atoms with Crippen LogP contribution < -0.4 is 5.56 Å². The minimum Gasteiger partial charge on any atom is -0.313 e. The fourth-order valence-electron chi connectivity index (χ4n) is 1.86. The van der Waals surface area contributed by atoms with Gasteiger partial charge in [0.2, 0.25) is 0 Å². The van der Waals surface area contributed by atoms with Gasteiger partial charge in [0, 0.05) is 5.56 Å². The molecule has 0 spiro atoms. The van der Waals surface area contributed by atoms with Gasteiger partial charge in [-0.2, -0.15) is 0 Å². The quantitative estimate of drug-likeness (QED) is 0.708. The SMILES string of the molecule is O=c1[nH]cnc2c1CCc1ccsc1-2. The number of hydrogen-bond acceptors (Lipinski definition) is 3. The van der Waals surface area contributed by atoms with Gasteiger partial charge >= 0.3 is 0 Å². The molecular weight excluding hydrogens is 196 g/mol. The molecule has 1 aliphatic carbocycles. The van der Waals surface area contributed by atoms with E-state index in [2.05, 4.69) is 21.4 Å². The van der Waals surface area contributed by atoms with E-state index in [4.69, 9.17) is 0 Å². The summed E-state index contributed by atoms with van der Waals surface area (Å²) in [5.41, 5.74) is 3.04. The van der Waals surface area contributed by atoms with E-state index in [0.29, 0.717) is 0 Å². The lowest BCUT2D eigenvalue weighted by atomic mass is 9.96. The molecule has 0 fully saturated rings. The maximum Gasteiger partial charge on any atom is 0.254 e. The monoisotopic (exact) mass is 204 g/mol. The molecule has 14 heavy (non-hydrogen) atoms. The predicted molar refractivity (Wildman–Crippen MR) is 55.6 cm³/mol. The zero-order valence-corrected chi connectivity index (χ0v) is 8.23. The van der Waals surface area contributed by atoms with Crippen molar-refractivity contribution >= 4 is 11.3 Å². The first kappa shape index (κ1) is 7.94. The maximum atomic E-state index is 11.5. The number of nitrogens with one attached hydrogen (secondary N) is 1. The van der Waals surface area contributed by atoms with Crippen molar-refractivity contribution in [2.45, 2.75) is 12.8 Å². The average molecular weight is 204 g/mol. The molecule has 0 aliphatic heterocycles. The van der Waals surface area contributed by atoms with E-state index >= 15 is 0 Å². The Bertz CT molecular complexity index is 541. The fraction of sp³-hybridized carbons (Fsp3) is 0.200. The first-order valence-electron chi connectivity index (χ1n) is 4.49. The molecule has 2 heterocycles. The van der Waals surface area contributed by atoms with Crippen molar-refractivity contribution in [2.75, 3.05) is 0 Å². The number of aryl methyl sites for hydroxylation is 1. The summed E-state index contributed by atoms with van der Waals surface area (Å²) in [5.74, 6) is 0. The molecule has 3 rings (SSSR count). The molecule has 0 bridgehead atoms. The summed E-state index contributed by atoms with van der Waals surface area (Å²) in [7, 11) is 0. The van der Waals surface area contributed by atoms with Gasteiger partial charge in [0.15, 0.2) is 0 Å². The number of rotatable bonds is 0. The van der Waals surface area contributed by atoms with Gasteiger partial charge in [-0.25, -0.2) is 4.98 Å².